The number of rotatable bonds is 3. The summed E-state index contributed by atoms with van der Waals surface area (Å²) in [7, 11) is 0. The number of carbonyl (C=O) groups excluding carboxylic acids is 1. The van der Waals surface area contributed by atoms with Crippen molar-refractivity contribution < 1.29 is 22.4 Å². The Kier molecular flexibility index (Phi) is 4.34. The van der Waals surface area contributed by atoms with Crippen LogP contribution in [0.4, 0.5) is 23.7 Å². The van der Waals surface area contributed by atoms with Crippen molar-refractivity contribution in [2.75, 3.05) is 5.32 Å². The number of anilines is 1. The van der Waals surface area contributed by atoms with E-state index >= 15 is 0 Å². The van der Waals surface area contributed by atoms with Crippen molar-refractivity contribution in [2.45, 2.75) is 26.1 Å². The van der Waals surface area contributed by atoms with Crippen molar-refractivity contribution in [2.24, 2.45) is 0 Å². The minimum atomic E-state index is -4.41. The summed E-state index contributed by atoms with van der Waals surface area (Å²) in [6.07, 6.45) is -4.41. The van der Waals surface area contributed by atoms with Gasteiger partial charge in [-0.15, -0.1) is 10.2 Å². The van der Waals surface area contributed by atoms with E-state index in [9.17, 15) is 18.0 Å². The van der Waals surface area contributed by atoms with Crippen molar-refractivity contribution in [3.63, 3.8) is 0 Å². The molecular weight excluding hydrogens is 301 g/mol. The van der Waals surface area contributed by atoms with E-state index in [-0.39, 0.29) is 11.6 Å². The van der Waals surface area contributed by atoms with Gasteiger partial charge in [-0.2, -0.15) is 13.2 Å². The lowest BCUT2D eigenvalue weighted by molar-refractivity contribution is -0.137. The lowest BCUT2D eigenvalue weighted by Crippen LogP contribution is -2.31. The van der Waals surface area contributed by atoms with Crippen LogP contribution in [-0.4, -0.2) is 16.2 Å². The lowest BCUT2D eigenvalue weighted by Gasteiger charge is -2.12. The Morgan fingerprint density at radius 3 is 2.36 bits per heavy atom. The maximum Gasteiger partial charge on any atom is 0.416 e. The molecule has 2 amide bonds. The molecule has 0 saturated carbocycles. The van der Waals surface area contributed by atoms with E-state index in [4.69, 9.17) is 4.42 Å². The zero-order chi connectivity index (χ0) is 16.3. The van der Waals surface area contributed by atoms with Crippen LogP contribution in [0.1, 0.15) is 30.3 Å². The molecule has 0 bridgehead atoms. The molecule has 118 valence electrons. The summed E-state index contributed by atoms with van der Waals surface area (Å²) >= 11 is 0. The van der Waals surface area contributed by atoms with E-state index in [0.29, 0.717) is 5.89 Å². The highest BCUT2D eigenvalue weighted by Gasteiger charge is 2.30. The summed E-state index contributed by atoms with van der Waals surface area (Å²) in [5.74, 6) is 0.604. The van der Waals surface area contributed by atoms with E-state index in [1.165, 1.54) is 12.1 Å². The van der Waals surface area contributed by atoms with Gasteiger partial charge in [0.2, 0.25) is 11.8 Å². The molecule has 1 aromatic heterocycles. The highest BCUT2D eigenvalue weighted by atomic mass is 19.4. The quantitative estimate of drug-likeness (QED) is 0.911. The molecule has 1 aromatic carbocycles. The fourth-order valence-corrected chi connectivity index (χ4v) is 1.65. The Hall–Kier alpha value is -2.58. The second kappa shape index (κ2) is 6.04. The van der Waals surface area contributed by atoms with Crippen LogP contribution in [0.3, 0.4) is 0 Å². The third-order valence-corrected chi connectivity index (χ3v) is 2.73. The number of benzene rings is 1. The Balaban J connectivity index is 1.94. The van der Waals surface area contributed by atoms with Gasteiger partial charge in [0.15, 0.2) is 0 Å². The molecule has 1 heterocycles. The smallest absolute Gasteiger partial charge is 0.416 e. The SMILES string of the molecule is Cc1nnc([C@H](C)NC(=O)Nc2ccc(C(F)(F)F)cc2)o1. The molecule has 2 rings (SSSR count). The van der Waals surface area contributed by atoms with Gasteiger partial charge < -0.3 is 15.1 Å². The van der Waals surface area contributed by atoms with Gasteiger partial charge in [0.05, 0.1) is 5.56 Å². The Morgan fingerprint density at radius 1 is 1.23 bits per heavy atom. The van der Waals surface area contributed by atoms with Gasteiger partial charge in [-0.1, -0.05) is 0 Å². The number of amides is 2. The minimum Gasteiger partial charge on any atom is -0.423 e. The minimum absolute atomic E-state index is 0.236. The predicted molar refractivity (Wildman–Crippen MR) is 71.0 cm³/mol. The molecule has 0 fully saturated rings. The number of hydrogen-bond donors (Lipinski definition) is 2. The second-order valence-electron chi connectivity index (χ2n) is 4.55. The van der Waals surface area contributed by atoms with E-state index < -0.39 is 23.8 Å². The van der Waals surface area contributed by atoms with E-state index in [2.05, 4.69) is 20.8 Å². The maximum absolute atomic E-state index is 12.4. The number of nitrogens with one attached hydrogen (secondary N) is 2. The zero-order valence-corrected chi connectivity index (χ0v) is 11.7. The molecular formula is C13H13F3N4O2. The average Bonchev–Trinajstić information content (AvgIpc) is 2.85. The molecule has 0 spiro atoms. The predicted octanol–water partition coefficient (Wildman–Crippen LogP) is 3.28. The number of hydrogen-bond acceptors (Lipinski definition) is 4. The molecule has 0 unspecified atom stereocenters. The summed E-state index contributed by atoms with van der Waals surface area (Å²) in [5, 5.41) is 12.4. The normalized spacial score (nSPS) is 12.8. The Morgan fingerprint density at radius 2 is 1.86 bits per heavy atom. The van der Waals surface area contributed by atoms with Crippen LogP contribution < -0.4 is 10.6 Å². The van der Waals surface area contributed by atoms with Crippen molar-refractivity contribution in [3.8, 4) is 0 Å². The molecule has 9 heteroatoms. The molecule has 22 heavy (non-hydrogen) atoms. The summed E-state index contributed by atoms with van der Waals surface area (Å²) in [6.45, 7) is 3.25. The van der Waals surface area contributed by atoms with Gasteiger partial charge in [0, 0.05) is 12.6 Å². The molecule has 0 aliphatic rings. The number of carbonyl (C=O) groups is 1. The van der Waals surface area contributed by atoms with Crippen LogP contribution in [0.2, 0.25) is 0 Å². The molecule has 1 atom stereocenters. The van der Waals surface area contributed by atoms with E-state index in [0.717, 1.165) is 12.1 Å². The molecule has 0 radical (unpaired) electrons. The third kappa shape index (κ3) is 3.96. The van der Waals surface area contributed by atoms with Gasteiger partial charge in [-0.25, -0.2) is 4.79 Å². The van der Waals surface area contributed by atoms with Crippen molar-refractivity contribution >= 4 is 11.7 Å². The number of urea groups is 1. The molecule has 2 aromatic rings. The van der Waals surface area contributed by atoms with Gasteiger partial charge in [-0.05, 0) is 31.2 Å². The lowest BCUT2D eigenvalue weighted by atomic mass is 10.2. The standard InChI is InChI=1S/C13H13F3N4O2/c1-7(11-20-19-8(2)22-11)17-12(21)18-10-5-3-9(4-6-10)13(14,15)16/h3-7H,1-2H3,(H2,17,18,21)/t7-/m0/s1. The molecule has 0 aliphatic heterocycles. The summed E-state index contributed by atoms with van der Waals surface area (Å²) in [4.78, 5) is 11.8. The fourth-order valence-electron chi connectivity index (χ4n) is 1.65. The van der Waals surface area contributed by atoms with Gasteiger partial charge in [0.25, 0.3) is 0 Å². The van der Waals surface area contributed by atoms with Gasteiger partial charge >= 0.3 is 12.2 Å². The third-order valence-electron chi connectivity index (χ3n) is 2.73. The highest BCUT2D eigenvalue weighted by Crippen LogP contribution is 2.29. The van der Waals surface area contributed by atoms with Crippen LogP contribution in [0, 0.1) is 6.92 Å². The summed E-state index contributed by atoms with van der Waals surface area (Å²) in [5.41, 5.74) is -0.549. The fraction of sp³-hybridized carbons (Fsp3) is 0.308. The van der Waals surface area contributed by atoms with E-state index in [1.54, 1.807) is 13.8 Å². The monoisotopic (exact) mass is 314 g/mol. The van der Waals surface area contributed by atoms with Crippen LogP contribution in [0.15, 0.2) is 28.7 Å². The van der Waals surface area contributed by atoms with Crippen LogP contribution in [-0.2, 0) is 6.18 Å². The van der Waals surface area contributed by atoms with Crippen LogP contribution in [0.25, 0.3) is 0 Å². The van der Waals surface area contributed by atoms with Crippen LogP contribution >= 0.6 is 0 Å². The number of nitrogens with zero attached hydrogens (tertiary/aromatic N) is 2. The molecule has 2 N–H and O–H groups in total. The topological polar surface area (TPSA) is 80.0 Å². The summed E-state index contributed by atoms with van der Waals surface area (Å²) in [6, 6.07) is 2.99. The number of halogens is 3. The first-order chi connectivity index (χ1) is 10.3. The summed E-state index contributed by atoms with van der Waals surface area (Å²) < 4.78 is 42.4. The largest absolute Gasteiger partial charge is 0.423 e. The highest BCUT2D eigenvalue weighted by molar-refractivity contribution is 5.89. The Bertz CT molecular complexity index is 652. The van der Waals surface area contributed by atoms with Gasteiger partial charge in [0.1, 0.15) is 6.04 Å². The number of aromatic nitrogens is 2. The first-order valence-corrected chi connectivity index (χ1v) is 6.30. The Labute approximate surface area is 123 Å². The van der Waals surface area contributed by atoms with Crippen molar-refractivity contribution in [3.05, 3.63) is 41.6 Å². The molecule has 6 nitrogen and oxygen atoms in total. The van der Waals surface area contributed by atoms with E-state index in [1.807, 2.05) is 0 Å². The first kappa shape index (κ1) is 15.8. The van der Waals surface area contributed by atoms with Crippen molar-refractivity contribution in [1.29, 1.82) is 0 Å². The number of alkyl halides is 3. The molecule has 0 aliphatic carbocycles. The number of aryl methyl sites for hydroxylation is 1. The zero-order valence-electron chi connectivity index (χ0n) is 11.7. The maximum atomic E-state index is 12.4. The van der Waals surface area contributed by atoms with Gasteiger partial charge in [-0.3, -0.25) is 0 Å². The second-order valence-corrected chi connectivity index (χ2v) is 4.55. The van der Waals surface area contributed by atoms with Crippen molar-refractivity contribution in [1.82, 2.24) is 15.5 Å². The molecule has 0 saturated heterocycles. The average molecular weight is 314 g/mol. The van der Waals surface area contributed by atoms with Crippen LogP contribution in [0.5, 0.6) is 0 Å². The first-order valence-electron chi connectivity index (χ1n) is 6.30.